The number of aryl methyl sites for hydroxylation is 1. The third-order valence-electron chi connectivity index (χ3n) is 7.17. The van der Waals surface area contributed by atoms with Gasteiger partial charge < -0.3 is 19.1 Å². The average molecular weight is 493 g/mol. The van der Waals surface area contributed by atoms with Crippen LogP contribution in [0.4, 0.5) is 13.2 Å². The number of alkyl halides is 3. The fourth-order valence-electron chi connectivity index (χ4n) is 5.17. The highest BCUT2D eigenvalue weighted by atomic mass is 19.4. The molecule has 1 amide bonds. The Bertz CT molecular complexity index is 1080. The number of amides is 1. The van der Waals surface area contributed by atoms with Crippen LogP contribution in [0.25, 0.3) is 0 Å². The second-order valence-corrected chi connectivity index (χ2v) is 9.71. The van der Waals surface area contributed by atoms with E-state index in [1.807, 2.05) is 13.3 Å². The van der Waals surface area contributed by atoms with Gasteiger partial charge in [-0.3, -0.25) is 9.59 Å². The van der Waals surface area contributed by atoms with Gasteiger partial charge in [0, 0.05) is 49.8 Å². The van der Waals surface area contributed by atoms with Crippen molar-refractivity contribution in [2.24, 2.45) is 5.92 Å². The number of aromatic nitrogens is 2. The summed E-state index contributed by atoms with van der Waals surface area (Å²) in [6, 6.07) is 5.26. The summed E-state index contributed by atoms with van der Waals surface area (Å²) in [7, 11) is 3.70. The van der Waals surface area contributed by atoms with E-state index in [2.05, 4.69) is 26.2 Å². The van der Waals surface area contributed by atoms with Crippen molar-refractivity contribution >= 4 is 11.7 Å². The Morgan fingerprint density at radius 1 is 1.23 bits per heavy atom. The summed E-state index contributed by atoms with van der Waals surface area (Å²) < 4.78 is 43.7. The van der Waals surface area contributed by atoms with Gasteiger partial charge in [-0.25, -0.2) is 4.98 Å². The number of carbonyl (C=O) groups excluding carboxylic acids is 2. The van der Waals surface area contributed by atoms with Crippen LogP contribution in [-0.4, -0.2) is 70.6 Å². The largest absolute Gasteiger partial charge is 0.573 e. The van der Waals surface area contributed by atoms with E-state index >= 15 is 0 Å². The molecular formula is C25H31F3N4O3. The number of carbonyl (C=O) groups is 2. The highest BCUT2D eigenvalue weighted by Gasteiger charge is 2.34. The van der Waals surface area contributed by atoms with Crippen LogP contribution in [0.15, 0.2) is 30.6 Å². The van der Waals surface area contributed by atoms with Gasteiger partial charge in [0.25, 0.3) is 5.91 Å². The van der Waals surface area contributed by atoms with Gasteiger partial charge >= 0.3 is 6.36 Å². The highest BCUT2D eigenvalue weighted by Crippen LogP contribution is 2.31. The van der Waals surface area contributed by atoms with Crippen LogP contribution < -0.4 is 4.74 Å². The zero-order chi connectivity index (χ0) is 25.3. The van der Waals surface area contributed by atoms with Gasteiger partial charge in [0.15, 0.2) is 0 Å². The Balaban J connectivity index is 1.40. The lowest BCUT2D eigenvalue weighted by Gasteiger charge is -2.38. The summed E-state index contributed by atoms with van der Waals surface area (Å²) in [5.41, 5.74) is 1.95. The number of hydrogen-bond acceptors (Lipinski definition) is 5. The van der Waals surface area contributed by atoms with Crippen LogP contribution in [0.5, 0.6) is 5.75 Å². The number of benzene rings is 1. The summed E-state index contributed by atoms with van der Waals surface area (Å²) in [5.74, 6) is -0.846. The summed E-state index contributed by atoms with van der Waals surface area (Å²) in [6.45, 7) is 3.80. The zero-order valence-corrected chi connectivity index (χ0v) is 20.2. The number of ketones is 1. The SMILES string of the molecule is Cc1ncn(C2CN(C)C2)c1CC(=O)[C@@H]1CCC[C@H](N(C)C(=O)c2cccc(OC(F)(F)F)c2)C1. The minimum Gasteiger partial charge on any atom is -0.406 e. The predicted octanol–water partition coefficient (Wildman–Crippen LogP) is 4.02. The van der Waals surface area contributed by atoms with E-state index in [-0.39, 0.29) is 23.3 Å². The van der Waals surface area contributed by atoms with Crippen LogP contribution in [0.2, 0.25) is 0 Å². The minimum atomic E-state index is -4.83. The number of imidazole rings is 1. The van der Waals surface area contributed by atoms with Gasteiger partial charge in [-0.2, -0.15) is 0 Å². The molecule has 1 aromatic heterocycles. The zero-order valence-electron chi connectivity index (χ0n) is 20.2. The van der Waals surface area contributed by atoms with Gasteiger partial charge in [0.2, 0.25) is 0 Å². The quantitative estimate of drug-likeness (QED) is 0.584. The van der Waals surface area contributed by atoms with E-state index in [4.69, 9.17) is 0 Å². The molecule has 1 aromatic carbocycles. The second kappa shape index (κ2) is 10.0. The summed E-state index contributed by atoms with van der Waals surface area (Å²) >= 11 is 0. The van der Waals surface area contributed by atoms with E-state index < -0.39 is 18.0 Å². The van der Waals surface area contributed by atoms with E-state index in [1.165, 1.54) is 12.1 Å². The lowest BCUT2D eigenvalue weighted by atomic mass is 9.81. The number of nitrogens with zero attached hydrogens (tertiary/aromatic N) is 4. The molecule has 2 fully saturated rings. The third-order valence-corrected chi connectivity index (χ3v) is 7.17. The van der Waals surface area contributed by atoms with Crippen LogP contribution in [0.3, 0.4) is 0 Å². The number of hydrogen-bond donors (Lipinski definition) is 0. The minimum absolute atomic E-state index is 0.118. The number of halogens is 3. The molecule has 7 nitrogen and oxygen atoms in total. The van der Waals surface area contributed by atoms with Crippen molar-refractivity contribution < 1.29 is 27.5 Å². The standard InChI is InChI=1S/C25H31F3N4O3/c1-16-22(32(15-29-16)20-13-30(2)14-20)12-23(33)17-6-4-8-19(10-17)31(3)24(34)18-7-5-9-21(11-18)35-25(26,27)28/h5,7,9,11,15,17,19-20H,4,6,8,10,12-14H2,1-3H3/t17-,19+/m1/s1. The van der Waals surface area contributed by atoms with Crippen molar-refractivity contribution in [1.29, 1.82) is 0 Å². The fourth-order valence-corrected chi connectivity index (χ4v) is 5.17. The van der Waals surface area contributed by atoms with Crippen LogP contribution in [-0.2, 0) is 11.2 Å². The van der Waals surface area contributed by atoms with Crippen LogP contribution >= 0.6 is 0 Å². The topological polar surface area (TPSA) is 67.7 Å². The van der Waals surface area contributed by atoms with Crippen molar-refractivity contribution in [3.8, 4) is 5.75 Å². The smallest absolute Gasteiger partial charge is 0.406 e. The molecule has 1 aliphatic carbocycles. The van der Waals surface area contributed by atoms with Crippen molar-refractivity contribution in [1.82, 2.24) is 19.4 Å². The second-order valence-electron chi connectivity index (χ2n) is 9.71. The van der Waals surface area contributed by atoms with Gasteiger partial charge in [0.1, 0.15) is 11.5 Å². The Morgan fingerprint density at radius 2 is 1.97 bits per heavy atom. The molecule has 2 aliphatic rings. The Kier molecular flexibility index (Phi) is 7.21. The van der Waals surface area contributed by atoms with Gasteiger partial charge in [-0.05, 0) is 51.4 Å². The molecule has 1 saturated carbocycles. The molecule has 1 saturated heterocycles. The molecule has 0 unspecified atom stereocenters. The first-order valence-corrected chi connectivity index (χ1v) is 11.9. The third kappa shape index (κ3) is 5.86. The number of likely N-dealkylation sites (N-methyl/N-ethyl adjacent to an activating group) is 1. The van der Waals surface area contributed by atoms with Gasteiger partial charge in [0.05, 0.1) is 18.1 Å². The lowest BCUT2D eigenvalue weighted by Crippen LogP contribution is -2.45. The maximum Gasteiger partial charge on any atom is 0.573 e. The predicted molar refractivity (Wildman–Crippen MR) is 123 cm³/mol. The maximum atomic E-state index is 13.3. The number of Topliss-reactive ketones (excluding diaryl/α,β-unsaturated/α-hetero) is 1. The van der Waals surface area contributed by atoms with Crippen molar-refractivity contribution in [3.63, 3.8) is 0 Å². The van der Waals surface area contributed by atoms with Crippen LogP contribution in [0.1, 0.15) is 53.5 Å². The van der Waals surface area contributed by atoms with E-state index in [0.717, 1.165) is 55.9 Å². The first-order valence-electron chi connectivity index (χ1n) is 11.9. The normalized spacial score (nSPS) is 21.4. The Hall–Kier alpha value is -2.88. The molecular weight excluding hydrogens is 461 g/mol. The van der Waals surface area contributed by atoms with E-state index in [0.29, 0.717) is 18.9 Å². The van der Waals surface area contributed by atoms with Crippen molar-refractivity contribution in [2.45, 2.75) is 57.5 Å². The molecule has 4 rings (SSSR count). The monoisotopic (exact) mass is 492 g/mol. The molecule has 0 N–H and O–H groups in total. The molecule has 190 valence electrons. The molecule has 1 aliphatic heterocycles. The lowest BCUT2D eigenvalue weighted by molar-refractivity contribution is -0.274. The molecule has 10 heteroatoms. The fraction of sp³-hybridized carbons (Fsp3) is 0.560. The Labute approximate surface area is 202 Å². The van der Waals surface area contributed by atoms with E-state index in [1.54, 1.807) is 11.9 Å². The van der Waals surface area contributed by atoms with Crippen LogP contribution in [0, 0.1) is 12.8 Å². The molecule has 35 heavy (non-hydrogen) atoms. The molecule has 0 radical (unpaired) electrons. The van der Waals surface area contributed by atoms with E-state index in [9.17, 15) is 22.8 Å². The molecule has 0 spiro atoms. The number of rotatable bonds is 7. The molecule has 2 heterocycles. The molecule has 0 bridgehead atoms. The van der Waals surface area contributed by atoms with Crippen molar-refractivity contribution in [3.05, 3.63) is 47.5 Å². The Morgan fingerprint density at radius 3 is 2.66 bits per heavy atom. The summed E-state index contributed by atoms with van der Waals surface area (Å²) in [4.78, 5) is 34.5. The summed E-state index contributed by atoms with van der Waals surface area (Å²) in [6.07, 6.45) is 0.176. The van der Waals surface area contributed by atoms with Crippen molar-refractivity contribution in [2.75, 3.05) is 27.2 Å². The highest BCUT2D eigenvalue weighted by molar-refractivity contribution is 5.94. The maximum absolute atomic E-state index is 13.3. The summed E-state index contributed by atoms with van der Waals surface area (Å²) in [5, 5.41) is 0. The van der Waals surface area contributed by atoms with Gasteiger partial charge in [-0.1, -0.05) is 12.5 Å². The first-order chi connectivity index (χ1) is 16.5. The first kappa shape index (κ1) is 25.2. The molecule has 2 aromatic rings. The average Bonchev–Trinajstić information content (AvgIpc) is 3.14. The number of ether oxygens (including phenoxy) is 1. The number of likely N-dealkylation sites (tertiary alicyclic amines) is 1. The van der Waals surface area contributed by atoms with Gasteiger partial charge in [-0.15, -0.1) is 13.2 Å². The molecule has 2 atom stereocenters.